The summed E-state index contributed by atoms with van der Waals surface area (Å²) in [5.41, 5.74) is 5.58. The number of carbonyl (C=O) groups is 1. The van der Waals surface area contributed by atoms with E-state index >= 15 is 0 Å². The summed E-state index contributed by atoms with van der Waals surface area (Å²) >= 11 is 0. The maximum Gasteiger partial charge on any atom is 0.222 e. The van der Waals surface area contributed by atoms with Gasteiger partial charge in [0.2, 0.25) is 5.91 Å². The molecule has 0 saturated carbocycles. The van der Waals surface area contributed by atoms with E-state index in [1.807, 2.05) is 20.8 Å². The molecular formula is C15H22F2N2O. The Morgan fingerprint density at radius 1 is 1.30 bits per heavy atom. The quantitative estimate of drug-likeness (QED) is 0.893. The maximum absolute atomic E-state index is 13.6. The zero-order chi connectivity index (χ0) is 15.5. The molecule has 0 aliphatic rings. The van der Waals surface area contributed by atoms with Gasteiger partial charge in [0, 0.05) is 18.0 Å². The molecule has 0 radical (unpaired) electrons. The van der Waals surface area contributed by atoms with Gasteiger partial charge in [0.25, 0.3) is 0 Å². The highest BCUT2D eigenvalue weighted by Crippen LogP contribution is 2.22. The lowest BCUT2D eigenvalue weighted by Gasteiger charge is -2.27. The largest absolute Gasteiger partial charge is 0.349 e. The second-order valence-electron chi connectivity index (χ2n) is 6.10. The van der Waals surface area contributed by atoms with E-state index in [1.54, 1.807) is 6.92 Å². The Kier molecular flexibility index (Phi) is 5.22. The Morgan fingerprint density at radius 3 is 2.25 bits per heavy atom. The van der Waals surface area contributed by atoms with Crippen LogP contribution in [0.1, 0.15) is 45.7 Å². The predicted octanol–water partition coefficient (Wildman–Crippen LogP) is 2.91. The molecule has 0 fully saturated rings. The summed E-state index contributed by atoms with van der Waals surface area (Å²) in [6, 6.07) is 2.57. The molecule has 0 aliphatic heterocycles. The highest BCUT2D eigenvalue weighted by Gasteiger charge is 2.24. The van der Waals surface area contributed by atoms with Crippen molar-refractivity contribution in [2.45, 2.75) is 46.2 Å². The van der Waals surface area contributed by atoms with Crippen LogP contribution in [0, 0.1) is 17.0 Å². The Balaban J connectivity index is 2.72. The summed E-state index contributed by atoms with van der Waals surface area (Å²) in [4.78, 5) is 11.9. The highest BCUT2D eigenvalue weighted by molar-refractivity contribution is 5.77. The molecule has 3 N–H and O–H groups in total. The van der Waals surface area contributed by atoms with E-state index in [2.05, 4.69) is 5.32 Å². The van der Waals surface area contributed by atoms with Gasteiger partial charge >= 0.3 is 0 Å². The van der Waals surface area contributed by atoms with Crippen molar-refractivity contribution < 1.29 is 13.6 Å². The van der Waals surface area contributed by atoms with Gasteiger partial charge in [0.05, 0.1) is 6.04 Å². The molecule has 0 aliphatic carbocycles. The van der Waals surface area contributed by atoms with E-state index in [4.69, 9.17) is 5.73 Å². The van der Waals surface area contributed by atoms with E-state index < -0.39 is 17.7 Å². The number of benzene rings is 1. The second-order valence-corrected chi connectivity index (χ2v) is 6.10. The number of amides is 1. The molecule has 0 spiro atoms. The maximum atomic E-state index is 13.6. The molecule has 3 nitrogen and oxygen atoms in total. The summed E-state index contributed by atoms with van der Waals surface area (Å²) in [7, 11) is 0. The minimum absolute atomic E-state index is 0.115. The Morgan fingerprint density at radius 2 is 1.80 bits per heavy atom. The fourth-order valence-corrected chi connectivity index (χ4v) is 1.80. The molecule has 1 aromatic carbocycles. The Labute approximate surface area is 118 Å². The highest BCUT2D eigenvalue weighted by atomic mass is 19.1. The van der Waals surface area contributed by atoms with Crippen LogP contribution in [0.3, 0.4) is 0 Å². The van der Waals surface area contributed by atoms with Crippen molar-refractivity contribution >= 4 is 5.91 Å². The van der Waals surface area contributed by atoms with Crippen molar-refractivity contribution in [3.63, 3.8) is 0 Å². The van der Waals surface area contributed by atoms with Crippen LogP contribution in [0.2, 0.25) is 0 Å². The lowest BCUT2D eigenvalue weighted by molar-refractivity contribution is -0.122. The van der Waals surface area contributed by atoms with Crippen LogP contribution in [0.15, 0.2) is 18.2 Å². The van der Waals surface area contributed by atoms with Crippen molar-refractivity contribution in [1.29, 1.82) is 0 Å². The van der Waals surface area contributed by atoms with Gasteiger partial charge in [0.1, 0.15) is 11.6 Å². The first-order chi connectivity index (χ1) is 9.12. The molecule has 1 amide bonds. The molecule has 0 bridgehead atoms. The SMILES string of the molecule is CC(NC(=O)CC(N)C(C)(C)C)c1c(F)cccc1F. The number of rotatable bonds is 4. The molecule has 1 rings (SSSR count). The topological polar surface area (TPSA) is 55.1 Å². The minimum atomic E-state index is -0.740. The van der Waals surface area contributed by atoms with Crippen molar-refractivity contribution in [1.82, 2.24) is 5.32 Å². The van der Waals surface area contributed by atoms with Crippen molar-refractivity contribution in [2.24, 2.45) is 11.1 Å². The van der Waals surface area contributed by atoms with Crippen molar-refractivity contribution in [2.75, 3.05) is 0 Å². The van der Waals surface area contributed by atoms with E-state index in [0.29, 0.717) is 0 Å². The van der Waals surface area contributed by atoms with Gasteiger partial charge in [-0.05, 0) is 24.5 Å². The number of nitrogens with two attached hydrogens (primary N) is 1. The normalized spacial score (nSPS) is 14.8. The monoisotopic (exact) mass is 284 g/mol. The summed E-state index contributed by atoms with van der Waals surface area (Å²) < 4.78 is 27.2. The lowest BCUT2D eigenvalue weighted by Crippen LogP contribution is -2.40. The number of halogens is 2. The van der Waals surface area contributed by atoms with Crippen LogP contribution >= 0.6 is 0 Å². The van der Waals surface area contributed by atoms with Gasteiger partial charge in [-0.15, -0.1) is 0 Å². The summed E-state index contributed by atoms with van der Waals surface area (Å²) in [5.74, 6) is -1.65. The number of hydrogen-bond acceptors (Lipinski definition) is 2. The first-order valence-corrected chi connectivity index (χ1v) is 6.61. The van der Waals surface area contributed by atoms with E-state index in [0.717, 1.165) is 0 Å². The van der Waals surface area contributed by atoms with Crippen LogP contribution in [0.4, 0.5) is 8.78 Å². The van der Waals surface area contributed by atoms with Crippen molar-refractivity contribution in [3.8, 4) is 0 Å². The number of nitrogens with one attached hydrogen (secondary N) is 1. The Bertz CT molecular complexity index is 463. The summed E-state index contributed by atoms with van der Waals surface area (Å²) in [5, 5.41) is 2.58. The predicted molar refractivity (Wildman–Crippen MR) is 75.0 cm³/mol. The second kappa shape index (κ2) is 6.31. The zero-order valence-corrected chi connectivity index (χ0v) is 12.3. The smallest absolute Gasteiger partial charge is 0.222 e. The molecule has 0 saturated heterocycles. The van der Waals surface area contributed by atoms with E-state index in [-0.39, 0.29) is 29.3 Å². The third-order valence-corrected chi connectivity index (χ3v) is 3.33. The number of carbonyl (C=O) groups excluding carboxylic acids is 1. The summed E-state index contributed by atoms with van der Waals surface area (Å²) in [6.07, 6.45) is 0.115. The van der Waals surface area contributed by atoms with Gasteiger partial charge in [-0.25, -0.2) is 8.78 Å². The average Bonchev–Trinajstić information content (AvgIpc) is 2.26. The van der Waals surface area contributed by atoms with E-state index in [9.17, 15) is 13.6 Å². The molecule has 1 aromatic rings. The molecule has 2 atom stereocenters. The molecule has 20 heavy (non-hydrogen) atoms. The van der Waals surface area contributed by atoms with Gasteiger partial charge in [-0.1, -0.05) is 26.8 Å². The fraction of sp³-hybridized carbons (Fsp3) is 0.533. The summed E-state index contributed by atoms with van der Waals surface area (Å²) in [6.45, 7) is 7.35. The zero-order valence-electron chi connectivity index (χ0n) is 12.3. The van der Waals surface area contributed by atoms with E-state index in [1.165, 1.54) is 18.2 Å². The third kappa shape index (κ3) is 4.27. The van der Waals surface area contributed by atoms with Crippen LogP contribution < -0.4 is 11.1 Å². The minimum Gasteiger partial charge on any atom is -0.349 e. The van der Waals surface area contributed by atoms with Crippen molar-refractivity contribution in [3.05, 3.63) is 35.4 Å². The molecule has 2 unspecified atom stereocenters. The standard InChI is InChI=1S/C15H22F2N2O/c1-9(14-10(16)6-5-7-11(14)17)19-13(20)8-12(18)15(2,3)4/h5-7,9,12H,8,18H2,1-4H3,(H,19,20). The molecular weight excluding hydrogens is 262 g/mol. The lowest BCUT2D eigenvalue weighted by atomic mass is 9.85. The van der Waals surface area contributed by atoms with Crippen LogP contribution in [0.25, 0.3) is 0 Å². The molecule has 0 heterocycles. The van der Waals surface area contributed by atoms with Gasteiger partial charge in [-0.2, -0.15) is 0 Å². The first-order valence-electron chi connectivity index (χ1n) is 6.61. The molecule has 0 aromatic heterocycles. The van der Waals surface area contributed by atoms with Crippen LogP contribution in [-0.4, -0.2) is 11.9 Å². The van der Waals surface area contributed by atoms with Crippen LogP contribution in [-0.2, 0) is 4.79 Å². The van der Waals surface area contributed by atoms with Gasteiger partial charge in [0.15, 0.2) is 0 Å². The first kappa shape index (κ1) is 16.6. The Hall–Kier alpha value is -1.49. The molecule has 112 valence electrons. The van der Waals surface area contributed by atoms with Gasteiger partial charge in [-0.3, -0.25) is 4.79 Å². The van der Waals surface area contributed by atoms with Crippen LogP contribution in [0.5, 0.6) is 0 Å². The average molecular weight is 284 g/mol. The third-order valence-electron chi connectivity index (χ3n) is 3.33. The molecule has 5 heteroatoms. The van der Waals surface area contributed by atoms with Gasteiger partial charge < -0.3 is 11.1 Å². The fourth-order valence-electron chi connectivity index (χ4n) is 1.80. The number of hydrogen-bond donors (Lipinski definition) is 2.